The average Bonchev–Trinajstić information content (AvgIpc) is 3.27. The molecular weight excluding hydrogens is 505 g/mol. The van der Waals surface area contributed by atoms with Gasteiger partial charge in [0.1, 0.15) is 5.58 Å². The lowest BCUT2D eigenvalue weighted by molar-refractivity contribution is -0.132. The molecule has 0 amide bonds. The highest BCUT2D eigenvalue weighted by Crippen LogP contribution is 2.34. The van der Waals surface area contributed by atoms with Gasteiger partial charge in [-0.15, -0.1) is 0 Å². The van der Waals surface area contributed by atoms with Crippen LogP contribution >= 0.6 is 23.2 Å². The molecule has 0 saturated heterocycles. The molecule has 36 heavy (non-hydrogen) atoms. The summed E-state index contributed by atoms with van der Waals surface area (Å²) in [4.78, 5) is 29.8. The number of fused-ring (bicyclic) bond motifs is 2. The monoisotopic (exact) mass is 521 g/mol. The molecule has 2 heterocycles. The number of carbonyl (C=O) groups excluding carboxylic acids is 1. The van der Waals surface area contributed by atoms with Crippen molar-refractivity contribution >= 4 is 57.3 Å². The Kier molecular flexibility index (Phi) is 6.22. The summed E-state index contributed by atoms with van der Waals surface area (Å²) < 4.78 is 17.7. The van der Waals surface area contributed by atoms with Crippen LogP contribution in [0.4, 0.5) is 0 Å². The first kappa shape index (κ1) is 23.6. The Morgan fingerprint density at radius 1 is 1.08 bits per heavy atom. The number of esters is 1. The molecular formula is C26H17Cl2N3O5. The Morgan fingerprint density at radius 2 is 1.89 bits per heavy atom. The molecule has 0 fully saturated rings. The highest BCUT2D eigenvalue weighted by atomic mass is 35.5. The molecule has 0 aliphatic heterocycles. The molecule has 0 aliphatic carbocycles. The van der Waals surface area contributed by atoms with Crippen LogP contribution in [-0.4, -0.2) is 29.0 Å². The van der Waals surface area contributed by atoms with Crippen molar-refractivity contribution in [1.29, 1.82) is 0 Å². The number of para-hydroxylation sites is 1. The van der Waals surface area contributed by atoms with Crippen molar-refractivity contribution in [3.05, 3.63) is 86.6 Å². The number of ether oxygens (including phenoxy) is 2. The Morgan fingerprint density at radius 3 is 2.67 bits per heavy atom. The minimum absolute atomic E-state index is 0.111. The molecule has 0 unspecified atom stereocenters. The first-order chi connectivity index (χ1) is 17.3. The number of rotatable bonds is 5. The quantitative estimate of drug-likeness (QED) is 0.161. The predicted octanol–water partition coefficient (Wildman–Crippen LogP) is 5.93. The van der Waals surface area contributed by atoms with E-state index in [2.05, 4.69) is 10.1 Å². The van der Waals surface area contributed by atoms with Crippen LogP contribution in [0.3, 0.4) is 0 Å². The van der Waals surface area contributed by atoms with Crippen molar-refractivity contribution in [3.63, 3.8) is 0 Å². The third kappa shape index (κ3) is 4.44. The van der Waals surface area contributed by atoms with Gasteiger partial charge in [0.25, 0.3) is 5.56 Å². The van der Waals surface area contributed by atoms with Crippen molar-refractivity contribution in [3.8, 4) is 23.1 Å². The van der Waals surface area contributed by atoms with Gasteiger partial charge in [0, 0.05) is 34.0 Å². The highest BCUT2D eigenvalue weighted by molar-refractivity contribution is 6.31. The van der Waals surface area contributed by atoms with Crippen LogP contribution in [0.1, 0.15) is 12.5 Å². The molecule has 5 rings (SSSR count). The summed E-state index contributed by atoms with van der Waals surface area (Å²) in [6.45, 7) is 1.26. The molecule has 3 aromatic carbocycles. The van der Waals surface area contributed by atoms with E-state index in [0.717, 1.165) is 10.1 Å². The van der Waals surface area contributed by atoms with Crippen molar-refractivity contribution in [1.82, 2.24) is 9.66 Å². The van der Waals surface area contributed by atoms with E-state index in [1.807, 2.05) is 0 Å². The Balaban J connectivity index is 1.73. The number of halogens is 2. The van der Waals surface area contributed by atoms with Crippen molar-refractivity contribution < 1.29 is 18.7 Å². The minimum Gasteiger partial charge on any atom is -0.493 e. The first-order valence-electron chi connectivity index (χ1n) is 10.7. The van der Waals surface area contributed by atoms with Gasteiger partial charge in [-0.3, -0.25) is 9.59 Å². The van der Waals surface area contributed by atoms with Crippen LogP contribution in [-0.2, 0) is 4.79 Å². The summed E-state index contributed by atoms with van der Waals surface area (Å²) in [5.74, 6) is 0.273. The maximum Gasteiger partial charge on any atom is 0.308 e. The second-order valence-corrected chi connectivity index (χ2v) is 8.60. The number of hydrogen-bond acceptors (Lipinski definition) is 7. The summed E-state index contributed by atoms with van der Waals surface area (Å²) in [5.41, 5.74) is 0.946. The van der Waals surface area contributed by atoms with Crippen molar-refractivity contribution in [2.75, 3.05) is 7.11 Å². The highest BCUT2D eigenvalue weighted by Gasteiger charge is 2.18. The van der Waals surface area contributed by atoms with Gasteiger partial charge in [-0.1, -0.05) is 35.3 Å². The number of hydrogen-bond donors (Lipinski definition) is 0. The topological polar surface area (TPSA) is 95.9 Å². The Labute approximate surface area is 214 Å². The molecule has 0 radical (unpaired) electrons. The molecule has 2 aromatic heterocycles. The van der Waals surface area contributed by atoms with Gasteiger partial charge in [-0.25, -0.2) is 4.98 Å². The first-order valence-corrected chi connectivity index (χ1v) is 11.4. The minimum atomic E-state index is -0.559. The Bertz CT molecular complexity index is 1740. The Hall–Kier alpha value is -4.14. The summed E-state index contributed by atoms with van der Waals surface area (Å²) in [6, 6.07) is 16.9. The average molecular weight is 522 g/mol. The molecule has 0 saturated carbocycles. The van der Waals surface area contributed by atoms with Gasteiger partial charge in [0.2, 0.25) is 5.82 Å². The molecule has 180 valence electrons. The van der Waals surface area contributed by atoms with Gasteiger partial charge >= 0.3 is 5.97 Å². The fourth-order valence-electron chi connectivity index (χ4n) is 3.72. The van der Waals surface area contributed by atoms with E-state index in [1.54, 1.807) is 48.5 Å². The zero-order valence-electron chi connectivity index (χ0n) is 19.0. The van der Waals surface area contributed by atoms with Crippen LogP contribution in [0.5, 0.6) is 11.5 Å². The molecule has 10 heteroatoms. The van der Waals surface area contributed by atoms with E-state index >= 15 is 0 Å². The molecule has 0 N–H and O–H groups in total. The van der Waals surface area contributed by atoms with Crippen molar-refractivity contribution in [2.24, 2.45) is 5.10 Å². The smallest absolute Gasteiger partial charge is 0.308 e. The van der Waals surface area contributed by atoms with Crippen LogP contribution in [0.15, 0.2) is 75.0 Å². The van der Waals surface area contributed by atoms with Gasteiger partial charge in [-0.2, -0.15) is 9.78 Å². The molecule has 8 nitrogen and oxygen atoms in total. The lowest BCUT2D eigenvalue weighted by Gasteiger charge is -2.12. The zero-order chi connectivity index (χ0) is 25.4. The molecule has 0 atom stereocenters. The van der Waals surface area contributed by atoms with Gasteiger partial charge in [0.15, 0.2) is 17.3 Å². The fourth-order valence-corrected chi connectivity index (χ4v) is 4.12. The summed E-state index contributed by atoms with van der Waals surface area (Å²) in [7, 11) is 1.42. The predicted molar refractivity (Wildman–Crippen MR) is 139 cm³/mol. The number of methoxy groups -OCH3 is 1. The normalized spacial score (nSPS) is 11.4. The van der Waals surface area contributed by atoms with Gasteiger partial charge in [0.05, 0.1) is 24.2 Å². The van der Waals surface area contributed by atoms with Crippen LogP contribution in [0.2, 0.25) is 10.0 Å². The summed E-state index contributed by atoms with van der Waals surface area (Å²) in [5, 5.41) is 6.37. The lowest BCUT2D eigenvalue weighted by Crippen LogP contribution is -2.20. The van der Waals surface area contributed by atoms with Gasteiger partial charge < -0.3 is 13.9 Å². The standard InChI is InChI=1S/C26H17Cl2N3O5/c1-14(32)35-24-16(10-18(28)12-22(24)34-2)13-29-31-25(30-20-6-4-3-5-19(20)26(31)33)23-11-15-9-17(27)7-8-21(15)36-23/h3-13H,1-2H3. The third-order valence-corrected chi connectivity index (χ3v) is 5.73. The number of furan rings is 1. The number of carbonyl (C=O) groups is 1. The van der Waals surface area contributed by atoms with Crippen LogP contribution < -0.4 is 15.0 Å². The van der Waals surface area contributed by atoms with E-state index in [4.69, 9.17) is 37.1 Å². The van der Waals surface area contributed by atoms with E-state index < -0.39 is 11.5 Å². The van der Waals surface area contributed by atoms with Gasteiger partial charge in [-0.05, 0) is 42.5 Å². The second kappa shape index (κ2) is 9.49. The molecule has 0 bridgehead atoms. The fraction of sp³-hybridized carbons (Fsp3) is 0.0769. The SMILES string of the molecule is COc1cc(Cl)cc(C=Nn2c(-c3cc4cc(Cl)ccc4o3)nc3ccccc3c2=O)c1OC(C)=O. The van der Waals surface area contributed by atoms with E-state index in [-0.39, 0.29) is 17.3 Å². The lowest BCUT2D eigenvalue weighted by atomic mass is 10.2. The summed E-state index contributed by atoms with van der Waals surface area (Å²) >= 11 is 12.3. The van der Waals surface area contributed by atoms with E-state index in [9.17, 15) is 9.59 Å². The molecule has 5 aromatic rings. The summed E-state index contributed by atoms with van der Waals surface area (Å²) in [6.07, 6.45) is 1.34. The second-order valence-electron chi connectivity index (χ2n) is 7.73. The van der Waals surface area contributed by atoms with Crippen LogP contribution in [0, 0.1) is 0 Å². The number of aromatic nitrogens is 2. The number of nitrogens with zero attached hydrogens (tertiary/aromatic N) is 3. The van der Waals surface area contributed by atoms with E-state index in [1.165, 1.54) is 32.4 Å². The van der Waals surface area contributed by atoms with E-state index in [0.29, 0.717) is 37.9 Å². The molecule has 0 aliphatic rings. The van der Waals surface area contributed by atoms with Crippen molar-refractivity contribution in [2.45, 2.75) is 6.92 Å². The third-order valence-electron chi connectivity index (χ3n) is 5.28. The maximum absolute atomic E-state index is 13.5. The van der Waals surface area contributed by atoms with Crippen LogP contribution in [0.25, 0.3) is 33.5 Å². The number of benzene rings is 3. The maximum atomic E-state index is 13.5. The molecule has 0 spiro atoms. The largest absolute Gasteiger partial charge is 0.493 e. The zero-order valence-corrected chi connectivity index (χ0v) is 20.5.